The molecule has 0 radical (unpaired) electrons. The van der Waals surface area contributed by atoms with E-state index in [0.717, 1.165) is 0 Å². The Balaban J connectivity index is 2.17. The van der Waals surface area contributed by atoms with Crippen molar-refractivity contribution in [3.05, 3.63) is 35.9 Å². The molecule has 0 aliphatic heterocycles. The number of hydrogen-bond acceptors (Lipinski definition) is 0. The third-order valence-corrected chi connectivity index (χ3v) is 10.7. The molecule has 0 aliphatic rings. The predicted molar refractivity (Wildman–Crippen MR) is 115 cm³/mol. The molecule has 0 nitrogen and oxygen atoms in total. The van der Waals surface area contributed by atoms with Crippen LogP contribution < -0.4 is 0 Å². The van der Waals surface area contributed by atoms with Crippen LogP contribution in [-0.4, -0.2) is 18.5 Å². The van der Waals surface area contributed by atoms with Crippen LogP contribution in [-0.2, 0) is 6.16 Å². The van der Waals surface area contributed by atoms with E-state index in [-0.39, 0.29) is 0 Å². The van der Waals surface area contributed by atoms with Crippen LogP contribution in [0.25, 0.3) is 0 Å². The zero-order valence-corrected chi connectivity index (χ0v) is 17.6. The lowest BCUT2D eigenvalue weighted by molar-refractivity contribution is 0.562. The molecule has 1 aromatic carbocycles. The Hall–Kier alpha value is -0.350. The van der Waals surface area contributed by atoms with Gasteiger partial charge in [-0.25, -0.2) is 0 Å². The van der Waals surface area contributed by atoms with Crippen LogP contribution in [0, 0.1) is 0 Å². The first-order chi connectivity index (χ1) is 11.8. The standard InChI is InChI=1S/C23H42P/c1-4-7-8-9-10-11-12-13-14-18-21-24(5-2,6-3)22-23-19-16-15-17-20-23/h15-17,19-20H,4-14,18,21-22H2,1-3H3/q+1. The molecule has 138 valence electrons. The summed E-state index contributed by atoms with van der Waals surface area (Å²) in [5.41, 5.74) is 1.57. The van der Waals surface area contributed by atoms with Crippen molar-refractivity contribution < 1.29 is 0 Å². The second-order valence-electron chi connectivity index (χ2n) is 7.52. The van der Waals surface area contributed by atoms with Gasteiger partial charge in [-0.3, -0.25) is 0 Å². The predicted octanol–water partition coefficient (Wildman–Crippen LogP) is 8.16. The van der Waals surface area contributed by atoms with Gasteiger partial charge < -0.3 is 0 Å². The van der Waals surface area contributed by atoms with Gasteiger partial charge in [-0.05, 0) is 32.3 Å². The van der Waals surface area contributed by atoms with E-state index < -0.39 is 7.26 Å². The molecule has 0 aromatic heterocycles. The van der Waals surface area contributed by atoms with Crippen LogP contribution in [0.5, 0.6) is 0 Å². The van der Waals surface area contributed by atoms with Crippen LogP contribution >= 0.6 is 7.26 Å². The molecule has 0 bridgehead atoms. The summed E-state index contributed by atoms with van der Waals surface area (Å²) < 4.78 is 0. The number of hydrogen-bond donors (Lipinski definition) is 0. The topological polar surface area (TPSA) is 0 Å². The summed E-state index contributed by atoms with van der Waals surface area (Å²) in [6.45, 7) is 7.18. The van der Waals surface area contributed by atoms with Crippen molar-refractivity contribution in [3.63, 3.8) is 0 Å². The lowest BCUT2D eigenvalue weighted by atomic mass is 10.1. The zero-order chi connectivity index (χ0) is 17.5. The summed E-state index contributed by atoms with van der Waals surface area (Å²) in [5.74, 6) is 0. The molecule has 0 saturated carbocycles. The lowest BCUT2D eigenvalue weighted by Gasteiger charge is -2.25. The van der Waals surface area contributed by atoms with E-state index in [0.29, 0.717) is 0 Å². The van der Waals surface area contributed by atoms with Gasteiger partial charge in [0.2, 0.25) is 0 Å². The van der Waals surface area contributed by atoms with E-state index >= 15 is 0 Å². The van der Waals surface area contributed by atoms with Gasteiger partial charge in [-0.1, -0.05) is 88.6 Å². The van der Waals surface area contributed by atoms with Gasteiger partial charge in [0.1, 0.15) is 0 Å². The van der Waals surface area contributed by atoms with Crippen LogP contribution in [0.1, 0.15) is 90.5 Å². The van der Waals surface area contributed by atoms with Crippen LogP contribution in [0.2, 0.25) is 0 Å². The van der Waals surface area contributed by atoms with Gasteiger partial charge in [-0.15, -0.1) is 0 Å². The molecule has 1 rings (SSSR count). The molecule has 0 unspecified atom stereocenters. The van der Waals surface area contributed by atoms with Crippen LogP contribution in [0.3, 0.4) is 0 Å². The number of benzene rings is 1. The highest BCUT2D eigenvalue weighted by Crippen LogP contribution is 2.61. The van der Waals surface area contributed by atoms with Gasteiger partial charge in [0.15, 0.2) is 0 Å². The maximum atomic E-state index is 2.44. The molecule has 0 atom stereocenters. The fourth-order valence-electron chi connectivity index (χ4n) is 3.75. The molecule has 1 aromatic rings. The fourth-order valence-corrected chi connectivity index (χ4v) is 7.31. The second kappa shape index (κ2) is 13.9. The van der Waals surface area contributed by atoms with Gasteiger partial charge in [0.25, 0.3) is 0 Å². The maximum absolute atomic E-state index is 2.44. The van der Waals surface area contributed by atoms with E-state index in [1.807, 2.05) is 0 Å². The molecule has 0 spiro atoms. The Kier molecular flexibility index (Phi) is 12.6. The summed E-state index contributed by atoms with van der Waals surface area (Å²) in [6.07, 6.45) is 20.3. The highest BCUT2D eigenvalue weighted by molar-refractivity contribution is 7.75. The van der Waals surface area contributed by atoms with Gasteiger partial charge in [-0.2, -0.15) is 0 Å². The van der Waals surface area contributed by atoms with Crippen LogP contribution in [0.15, 0.2) is 30.3 Å². The largest absolute Gasteiger partial charge is 0.0842 e. The highest BCUT2D eigenvalue weighted by atomic mass is 31.2. The Morgan fingerprint density at radius 2 is 1.12 bits per heavy atom. The molecule has 24 heavy (non-hydrogen) atoms. The number of rotatable bonds is 15. The third kappa shape index (κ3) is 9.22. The molecule has 0 N–H and O–H groups in total. The van der Waals surface area contributed by atoms with E-state index in [9.17, 15) is 0 Å². The van der Waals surface area contributed by atoms with Crippen LogP contribution in [0.4, 0.5) is 0 Å². The minimum atomic E-state index is -0.754. The fraction of sp³-hybridized carbons (Fsp3) is 0.739. The third-order valence-electron chi connectivity index (χ3n) is 5.69. The van der Waals surface area contributed by atoms with Crippen molar-refractivity contribution in [2.24, 2.45) is 0 Å². The highest BCUT2D eigenvalue weighted by Gasteiger charge is 2.32. The minimum Gasteiger partial charge on any atom is -0.0654 e. The van der Waals surface area contributed by atoms with E-state index in [1.54, 1.807) is 5.56 Å². The van der Waals surface area contributed by atoms with Gasteiger partial charge in [0, 0.05) is 7.26 Å². The molecule has 0 fully saturated rings. The summed E-state index contributed by atoms with van der Waals surface area (Å²) in [7, 11) is -0.754. The van der Waals surface area contributed by atoms with Crippen molar-refractivity contribution in [2.45, 2.75) is 91.1 Å². The summed E-state index contributed by atoms with van der Waals surface area (Å²) in [5, 5.41) is 0. The van der Waals surface area contributed by atoms with Gasteiger partial charge >= 0.3 is 0 Å². The Morgan fingerprint density at radius 3 is 1.62 bits per heavy atom. The maximum Gasteiger partial charge on any atom is 0.0842 e. The average Bonchev–Trinajstić information content (AvgIpc) is 2.63. The smallest absolute Gasteiger partial charge is 0.0654 e. The molecule has 0 heterocycles. The van der Waals surface area contributed by atoms with Crippen molar-refractivity contribution >= 4 is 7.26 Å². The Bertz CT molecular complexity index is 380. The Morgan fingerprint density at radius 1 is 0.625 bits per heavy atom. The molecule has 0 amide bonds. The summed E-state index contributed by atoms with van der Waals surface area (Å²) >= 11 is 0. The molecule has 0 saturated heterocycles. The van der Waals surface area contributed by atoms with Crippen molar-refractivity contribution in [1.82, 2.24) is 0 Å². The van der Waals surface area contributed by atoms with Crippen molar-refractivity contribution in [1.29, 1.82) is 0 Å². The SMILES string of the molecule is CCCCCCCCCCCC[P+](CC)(CC)Cc1ccccc1. The normalized spacial score (nSPS) is 11.8. The summed E-state index contributed by atoms with van der Waals surface area (Å²) in [4.78, 5) is 0. The Labute approximate surface area is 153 Å². The van der Waals surface area contributed by atoms with E-state index in [1.165, 1.54) is 88.9 Å². The zero-order valence-electron chi connectivity index (χ0n) is 16.7. The molecule has 1 heteroatoms. The molecule has 0 aliphatic carbocycles. The average molecular weight is 350 g/mol. The monoisotopic (exact) mass is 349 g/mol. The quantitative estimate of drug-likeness (QED) is 0.221. The number of unbranched alkanes of at least 4 members (excludes halogenated alkanes) is 9. The lowest BCUT2D eigenvalue weighted by Crippen LogP contribution is -2.08. The minimum absolute atomic E-state index is 0.754. The van der Waals surface area contributed by atoms with Crippen molar-refractivity contribution in [2.75, 3.05) is 18.5 Å². The summed E-state index contributed by atoms with van der Waals surface area (Å²) in [6, 6.07) is 11.2. The molecular weight excluding hydrogens is 307 g/mol. The first kappa shape index (κ1) is 21.7. The first-order valence-electron chi connectivity index (χ1n) is 10.7. The second-order valence-corrected chi connectivity index (χ2v) is 12.2. The van der Waals surface area contributed by atoms with Crippen molar-refractivity contribution in [3.8, 4) is 0 Å². The first-order valence-corrected chi connectivity index (χ1v) is 13.2. The van der Waals surface area contributed by atoms with E-state index in [4.69, 9.17) is 0 Å². The van der Waals surface area contributed by atoms with E-state index in [2.05, 4.69) is 51.1 Å². The van der Waals surface area contributed by atoms with Gasteiger partial charge in [0.05, 0.1) is 24.6 Å². The molecular formula is C23H42P+.